The standard InChI is InChI=1S/C13H10ClNO3/c14-9-3-4-15-10(5-9)7-16-11-1-2-12-13(6-11)18-8-17-12/h1-6H,7-8H2. The molecule has 0 spiro atoms. The molecule has 0 fully saturated rings. The van der Waals surface area contributed by atoms with Crippen LogP contribution in [0.3, 0.4) is 0 Å². The molecule has 18 heavy (non-hydrogen) atoms. The smallest absolute Gasteiger partial charge is 0.231 e. The first-order chi connectivity index (χ1) is 8.81. The molecule has 0 unspecified atom stereocenters. The molecule has 92 valence electrons. The molecule has 4 nitrogen and oxygen atoms in total. The molecule has 1 aliphatic rings. The third kappa shape index (κ3) is 2.33. The number of pyridine rings is 1. The lowest BCUT2D eigenvalue weighted by Gasteiger charge is -2.06. The van der Waals surface area contributed by atoms with Crippen LogP contribution < -0.4 is 14.2 Å². The van der Waals surface area contributed by atoms with E-state index >= 15 is 0 Å². The second-order valence-corrected chi connectivity index (χ2v) is 4.21. The number of nitrogens with zero attached hydrogens (tertiary/aromatic N) is 1. The van der Waals surface area contributed by atoms with E-state index in [9.17, 15) is 0 Å². The van der Waals surface area contributed by atoms with Gasteiger partial charge in [-0.3, -0.25) is 4.98 Å². The fourth-order valence-electron chi connectivity index (χ4n) is 1.65. The quantitative estimate of drug-likeness (QED) is 0.853. The highest BCUT2D eigenvalue weighted by atomic mass is 35.5. The Bertz CT molecular complexity index is 574. The zero-order valence-electron chi connectivity index (χ0n) is 9.43. The molecule has 2 heterocycles. The summed E-state index contributed by atoms with van der Waals surface area (Å²) in [4.78, 5) is 4.16. The predicted molar refractivity (Wildman–Crippen MR) is 66.1 cm³/mol. The van der Waals surface area contributed by atoms with E-state index in [1.54, 1.807) is 24.4 Å². The lowest BCUT2D eigenvalue weighted by Crippen LogP contribution is -1.97. The molecular weight excluding hydrogens is 254 g/mol. The van der Waals surface area contributed by atoms with Gasteiger partial charge in [-0.05, 0) is 24.3 Å². The number of rotatable bonds is 3. The van der Waals surface area contributed by atoms with E-state index in [1.165, 1.54) is 0 Å². The normalized spacial score (nSPS) is 12.5. The van der Waals surface area contributed by atoms with Crippen molar-refractivity contribution in [2.75, 3.05) is 6.79 Å². The Balaban J connectivity index is 1.70. The average molecular weight is 264 g/mol. The summed E-state index contributed by atoms with van der Waals surface area (Å²) < 4.78 is 16.1. The van der Waals surface area contributed by atoms with Crippen molar-refractivity contribution < 1.29 is 14.2 Å². The minimum absolute atomic E-state index is 0.259. The van der Waals surface area contributed by atoms with Gasteiger partial charge < -0.3 is 14.2 Å². The lowest BCUT2D eigenvalue weighted by atomic mass is 10.3. The van der Waals surface area contributed by atoms with Crippen LogP contribution in [0.1, 0.15) is 5.69 Å². The molecule has 1 aromatic carbocycles. The maximum Gasteiger partial charge on any atom is 0.231 e. The summed E-state index contributed by atoms with van der Waals surface area (Å²) >= 11 is 5.87. The predicted octanol–water partition coefficient (Wildman–Crippen LogP) is 3.04. The molecule has 0 atom stereocenters. The topological polar surface area (TPSA) is 40.6 Å². The second kappa shape index (κ2) is 4.74. The number of ether oxygens (including phenoxy) is 3. The molecule has 0 bridgehead atoms. The SMILES string of the molecule is Clc1ccnc(COc2ccc3c(c2)OCO3)c1. The number of hydrogen-bond acceptors (Lipinski definition) is 4. The molecule has 0 aliphatic carbocycles. The summed E-state index contributed by atoms with van der Waals surface area (Å²) in [6, 6.07) is 8.95. The molecule has 2 aromatic rings. The van der Waals surface area contributed by atoms with Gasteiger partial charge in [-0.15, -0.1) is 0 Å². The van der Waals surface area contributed by atoms with Gasteiger partial charge in [-0.1, -0.05) is 11.6 Å². The van der Waals surface area contributed by atoms with Crippen LogP contribution in [0.2, 0.25) is 5.02 Å². The summed E-state index contributed by atoms with van der Waals surface area (Å²) in [6.45, 7) is 0.620. The van der Waals surface area contributed by atoms with Gasteiger partial charge in [-0.2, -0.15) is 0 Å². The van der Waals surface area contributed by atoms with Crippen LogP contribution in [0.25, 0.3) is 0 Å². The molecule has 5 heteroatoms. The van der Waals surface area contributed by atoms with E-state index in [4.69, 9.17) is 25.8 Å². The van der Waals surface area contributed by atoms with E-state index in [-0.39, 0.29) is 6.79 Å². The molecule has 0 radical (unpaired) electrons. The second-order valence-electron chi connectivity index (χ2n) is 3.77. The van der Waals surface area contributed by atoms with E-state index in [1.807, 2.05) is 12.1 Å². The summed E-state index contributed by atoms with van der Waals surface area (Å²) in [5.74, 6) is 2.15. The van der Waals surface area contributed by atoms with Crippen molar-refractivity contribution in [2.45, 2.75) is 6.61 Å². The van der Waals surface area contributed by atoms with Crippen molar-refractivity contribution in [1.29, 1.82) is 0 Å². The van der Waals surface area contributed by atoms with Crippen LogP contribution in [0, 0.1) is 0 Å². The van der Waals surface area contributed by atoms with Gasteiger partial charge in [0.2, 0.25) is 6.79 Å². The number of benzene rings is 1. The van der Waals surface area contributed by atoms with Crippen molar-refractivity contribution in [3.63, 3.8) is 0 Å². The fourth-order valence-corrected chi connectivity index (χ4v) is 1.83. The maximum absolute atomic E-state index is 5.87. The third-order valence-electron chi connectivity index (χ3n) is 2.51. The van der Waals surface area contributed by atoms with Crippen LogP contribution >= 0.6 is 11.6 Å². The highest BCUT2D eigenvalue weighted by Crippen LogP contribution is 2.35. The number of fused-ring (bicyclic) bond motifs is 1. The van der Waals surface area contributed by atoms with E-state index < -0.39 is 0 Å². The third-order valence-corrected chi connectivity index (χ3v) is 2.74. The van der Waals surface area contributed by atoms with Crippen molar-refractivity contribution in [1.82, 2.24) is 4.98 Å². The molecule has 0 amide bonds. The maximum atomic E-state index is 5.87. The Labute approximate surface area is 109 Å². The summed E-state index contributed by atoms with van der Waals surface area (Å²) in [7, 11) is 0. The monoisotopic (exact) mass is 263 g/mol. The number of halogens is 1. The van der Waals surface area contributed by atoms with Crippen molar-refractivity contribution in [3.8, 4) is 17.2 Å². The summed E-state index contributed by atoms with van der Waals surface area (Å²) in [5, 5.41) is 0.647. The summed E-state index contributed by atoms with van der Waals surface area (Å²) in [6.07, 6.45) is 1.65. The van der Waals surface area contributed by atoms with Crippen LogP contribution in [-0.4, -0.2) is 11.8 Å². The lowest BCUT2D eigenvalue weighted by molar-refractivity contribution is 0.173. The van der Waals surface area contributed by atoms with E-state index in [2.05, 4.69) is 4.98 Å². The van der Waals surface area contributed by atoms with Gasteiger partial charge in [0.15, 0.2) is 11.5 Å². The van der Waals surface area contributed by atoms with Gasteiger partial charge >= 0.3 is 0 Å². The van der Waals surface area contributed by atoms with Crippen LogP contribution in [-0.2, 0) is 6.61 Å². The first-order valence-electron chi connectivity index (χ1n) is 5.44. The molecule has 1 aliphatic heterocycles. The highest BCUT2D eigenvalue weighted by molar-refractivity contribution is 6.30. The zero-order chi connectivity index (χ0) is 12.4. The first kappa shape index (κ1) is 11.2. The van der Waals surface area contributed by atoms with Crippen molar-refractivity contribution in [2.24, 2.45) is 0 Å². The Morgan fingerprint density at radius 2 is 2.06 bits per heavy atom. The van der Waals surface area contributed by atoms with E-state index in [0.717, 1.165) is 11.4 Å². The minimum Gasteiger partial charge on any atom is -0.487 e. The molecular formula is C13H10ClNO3. The Kier molecular flexibility index (Phi) is 2.94. The zero-order valence-corrected chi connectivity index (χ0v) is 10.2. The Morgan fingerprint density at radius 3 is 2.94 bits per heavy atom. The molecule has 0 N–H and O–H groups in total. The van der Waals surface area contributed by atoms with Crippen LogP contribution in [0.4, 0.5) is 0 Å². The highest BCUT2D eigenvalue weighted by Gasteiger charge is 2.13. The van der Waals surface area contributed by atoms with E-state index in [0.29, 0.717) is 23.1 Å². The van der Waals surface area contributed by atoms with Gasteiger partial charge in [-0.25, -0.2) is 0 Å². The van der Waals surface area contributed by atoms with Gasteiger partial charge in [0, 0.05) is 17.3 Å². The summed E-state index contributed by atoms with van der Waals surface area (Å²) in [5.41, 5.74) is 0.778. The fraction of sp³-hybridized carbons (Fsp3) is 0.154. The average Bonchev–Trinajstić information content (AvgIpc) is 2.84. The van der Waals surface area contributed by atoms with Gasteiger partial charge in [0.05, 0.1) is 5.69 Å². The van der Waals surface area contributed by atoms with Crippen molar-refractivity contribution >= 4 is 11.6 Å². The van der Waals surface area contributed by atoms with Gasteiger partial charge in [0.1, 0.15) is 12.4 Å². The van der Waals surface area contributed by atoms with Crippen LogP contribution in [0.15, 0.2) is 36.5 Å². The Morgan fingerprint density at radius 1 is 1.17 bits per heavy atom. The first-order valence-corrected chi connectivity index (χ1v) is 5.82. The van der Waals surface area contributed by atoms with Crippen LogP contribution in [0.5, 0.6) is 17.2 Å². The minimum atomic E-state index is 0.259. The molecule has 1 aromatic heterocycles. The molecule has 0 saturated carbocycles. The van der Waals surface area contributed by atoms with Gasteiger partial charge in [0.25, 0.3) is 0 Å². The molecule has 3 rings (SSSR count). The van der Waals surface area contributed by atoms with Crippen molar-refractivity contribution in [3.05, 3.63) is 47.2 Å². The number of hydrogen-bond donors (Lipinski definition) is 0. The number of aromatic nitrogens is 1. The largest absolute Gasteiger partial charge is 0.487 e. The Hall–Kier alpha value is -1.94. The molecule has 0 saturated heterocycles.